The molecule has 0 bridgehead atoms. The van der Waals surface area contributed by atoms with Crippen LogP contribution >= 0.6 is 0 Å². The smallest absolute Gasteiger partial charge is 0.275 e. The van der Waals surface area contributed by atoms with Crippen LogP contribution in [0.4, 0.5) is 0 Å². The predicted molar refractivity (Wildman–Crippen MR) is 96.8 cm³/mol. The maximum absolute atomic E-state index is 13.2. The summed E-state index contributed by atoms with van der Waals surface area (Å²) in [5, 5.41) is 8.17. The number of carbonyl (C=O) groups is 1. The Bertz CT molecular complexity index is 932. The first-order valence-corrected chi connectivity index (χ1v) is 8.57. The van der Waals surface area contributed by atoms with Crippen LogP contribution in [-0.2, 0) is 0 Å². The number of nitrogens with one attached hydrogen (secondary N) is 1. The van der Waals surface area contributed by atoms with Gasteiger partial charge in [0.25, 0.3) is 5.91 Å². The molecule has 5 nitrogen and oxygen atoms in total. The number of fused-ring (bicyclic) bond motifs is 1. The minimum Gasteiger partial charge on any atom is -0.497 e. The molecule has 0 spiro atoms. The van der Waals surface area contributed by atoms with Crippen molar-refractivity contribution in [1.29, 1.82) is 0 Å². The van der Waals surface area contributed by atoms with Crippen molar-refractivity contribution in [2.75, 3.05) is 13.7 Å². The summed E-state index contributed by atoms with van der Waals surface area (Å²) in [6.45, 7) is 2.77. The van der Waals surface area contributed by atoms with Crippen molar-refractivity contribution < 1.29 is 9.53 Å². The zero-order chi connectivity index (χ0) is 17.4. The number of aromatic nitrogens is 2. The fraction of sp³-hybridized carbons (Fsp3) is 0.300. The second-order valence-electron chi connectivity index (χ2n) is 6.55. The first-order valence-electron chi connectivity index (χ1n) is 8.57. The zero-order valence-corrected chi connectivity index (χ0v) is 14.5. The van der Waals surface area contributed by atoms with E-state index in [0.717, 1.165) is 47.2 Å². The standard InChI is InChI=1S/C20H21N3O2/c1-13-8-9-17-16(11-13)19(22-21-17)20(24)23-10-4-7-18(23)14-5-3-6-15(12-14)25-2/h3,5-6,8-9,11-12,18H,4,7,10H2,1-2H3,(H,21,22). The van der Waals surface area contributed by atoms with E-state index < -0.39 is 0 Å². The maximum atomic E-state index is 13.2. The lowest BCUT2D eigenvalue weighted by atomic mass is 10.0. The van der Waals surface area contributed by atoms with E-state index in [4.69, 9.17) is 4.74 Å². The first-order chi connectivity index (χ1) is 12.2. The van der Waals surface area contributed by atoms with E-state index in [-0.39, 0.29) is 11.9 Å². The number of hydrogen-bond acceptors (Lipinski definition) is 3. The normalized spacial score (nSPS) is 17.2. The number of nitrogens with zero attached hydrogens (tertiary/aromatic N) is 2. The maximum Gasteiger partial charge on any atom is 0.275 e. The molecule has 1 aromatic heterocycles. The van der Waals surface area contributed by atoms with Gasteiger partial charge in [0.2, 0.25) is 0 Å². The lowest BCUT2D eigenvalue weighted by Gasteiger charge is -2.24. The van der Waals surface area contributed by atoms with Gasteiger partial charge in [0, 0.05) is 11.9 Å². The second-order valence-corrected chi connectivity index (χ2v) is 6.55. The number of aryl methyl sites for hydroxylation is 1. The summed E-state index contributed by atoms with van der Waals surface area (Å²) < 4.78 is 5.33. The molecule has 1 atom stereocenters. The van der Waals surface area contributed by atoms with E-state index in [2.05, 4.69) is 16.3 Å². The molecule has 4 rings (SSSR count). The molecule has 5 heteroatoms. The lowest BCUT2D eigenvalue weighted by molar-refractivity contribution is 0.0731. The molecule has 1 unspecified atom stereocenters. The molecule has 1 amide bonds. The van der Waals surface area contributed by atoms with Gasteiger partial charge < -0.3 is 9.64 Å². The van der Waals surface area contributed by atoms with Crippen LogP contribution in [0, 0.1) is 6.92 Å². The minimum absolute atomic E-state index is 0.0119. The van der Waals surface area contributed by atoms with Crippen molar-refractivity contribution in [3.8, 4) is 5.75 Å². The molecule has 1 fully saturated rings. The number of amides is 1. The quantitative estimate of drug-likeness (QED) is 0.791. The molecule has 1 saturated heterocycles. The number of likely N-dealkylation sites (tertiary alicyclic amines) is 1. The van der Waals surface area contributed by atoms with Gasteiger partial charge in [0.05, 0.1) is 18.7 Å². The molecule has 1 aliphatic rings. The fourth-order valence-electron chi connectivity index (χ4n) is 3.63. The molecule has 2 aromatic carbocycles. The molecule has 1 N–H and O–H groups in total. The summed E-state index contributed by atoms with van der Waals surface area (Å²) in [5.74, 6) is 0.805. The second kappa shape index (κ2) is 6.24. The number of benzene rings is 2. The Morgan fingerprint density at radius 3 is 3.00 bits per heavy atom. The van der Waals surface area contributed by atoms with Crippen LogP contribution < -0.4 is 4.74 Å². The summed E-state index contributed by atoms with van der Waals surface area (Å²) >= 11 is 0. The van der Waals surface area contributed by atoms with Crippen molar-refractivity contribution in [3.63, 3.8) is 0 Å². The highest BCUT2D eigenvalue weighted by atomic mass is 16.5. The third-order valence-electron chi connectivity index (χ3n) is 4.91. The van der Waals surface area contributed by atoms with Crippen LogP contribution in [0.5, 0.6) is 5.75 Å². The molecule has 128 valence electrons. The van der Waals surface area contributed by atoms with Crippen molar-refractivity contribution in [3.05, 3.63) is 59.3 Å². The number of hydrogen-bond donors (Lipinski definition) is 1. The van der Waals surface area contributed by atoms with E-state index in [1.807, 2.05) is 48.2 Å². The number of methoxy groups -OCH3 is 1. The van der Waals surface area contributed by atoms with Crippen LogP contribution in [-0.4, -0.2) is 34.7 Å². The molecular formula is C20H21N3O2. The molecule has 0 aliphatic carbocycles. The highest BCUT2D eigenvalue weighted by Gasteiger charge is 2.32. The molecular weight excluding hydrogens is 314 g/mol. The van der Waals surface area contributed by atoms with E-state index >= 15 is 0 Å². The Kier molecular flexibility index (Phi) is 3.92. The minimum atomic E-state index is -0.0119. The van der Waals surface area contributed by atoms with Gasteiger partial charge in [-0.05, 0) is 49.6 Å². The molecule has 1 aliphatic heterocycles. The van der Waals surface area contributed by atoms with Crippen LogP contribution in [0.2, 0.25) is 0 Å². The van der Waals surface area contributed by atoms with Gasteiger partial charge in [-0.3, -0.25) is 9.89 Å². The number of aromatic amines is 1. The monoisotopic (exact) mass is 335 g/mol. The fourth-order valence-corrected chi connectivity index (χ4v) is 3.63. The van der Waals surface area contributed by atoms with Gasteiger partial charge >= 0.3 is 0 Å². The van der Waals surface area contributed by atoms with Gasteiger partial charge in [-0.15, -0.1) is 0 Å². The summed E-state index contributed by atoms with van der Waals surface area (Å²) in [5.41, 5.74) is 3.63. The molecule has 3 aromatic rings. The molecule has 25 heavy (non-hydrogen) atoms. The van der Waals surface area contributed by atoms with Crippen LogP contribution in [0.15, 0.2) is 42.5 Å². The largest absolute Gasteiger partial charge is 0.497 e. The van der Waals surface area contributed by atoms with Gasteiger partial charge in [-0.25, -0.2) is 0 Å². The highest BCUT2D eigenvalue weighted by Crippen LogP contribution is 2.35. The van der Waals surface area contributed by atoms with Crippen LogP contribution in [0.1, 0.15) is 40.5 Å². The predicted octanol–water partition coefficient (Wildman–Crippen LogP) is 3.86. The van der Waals surface area contributed by atoms with Crippen molar-refractivity contribution in [2.24, 2.45) is 0 Å². The third-order valence-corrected chi connectivity index (χ3v) is 4.91. The van der Waals surface area contributed by atoms with Crippen LogP contribution in [0.3, 0.4) is 0 Å². The summed E-state index contributed by atoms with van der Waals surface area (Å²) in [6.07, 6.45) is 1.95. The van der Waals surface area contributed by atoms with Gasteiger partial charge in [-0.1, -0.05) is 23.8 Å². The van der Waals surface area contributed by atoms with Crippen molar-refractivity contribution in [2.45, 2.75) is 25.8 Å². The Hall–Kier alpha value is -2.82. The first kappa shape index (κ1) is 15.7. The number of rotatable bonds is 3. The van der Waals surface area contributed by atoms with E-state index in [9.17, 15) is 4.79 Å². The Labute approximate surface area is 146 Å². The zero-order valence-electron chi connectivity index (χ0n) is 14.5. The van der Waals surface area contributed by atoms with Gasteiger partial charge in [0.15, 0.2) is 5.69 Å². The highest BCUT2D eigenvalue weighted by molar-refractivity contribution is 6.05. The summed E-state index contributed by atoms with van der Waals surface area (Å²) in [6, 6.07) is 14.1. The van der Waals surface area contributed by atoms with Crippen LogP contribution in [0.25, 0.3) is 10.9 Å². The summed E-state index contributed by atoms with van der Waals surface area (Å²) in [7, 11) is 1.66. The van der Waals surface area contributed by atoms with E-state index in [1.54, 1.807) is 7.11 Å². The SMILES string of the molecule is COc1cccc(C2CCCN2C(=O)c2n[nH]c3ccc(C)cc23)c1. The number of H-pyrrole nitrogens is 1. The topological polar surface area (TPSA) is 58.2 Å². The van der Waals surface area contributed by atoms with Crippen molar-refractivity contribution in [1.82, 2.24) is 15.1 Å². The lowest BCUT2D eigenvalue weighted by Crippen LogP contribution is -2.31. The van der Waals surface area contributed by atoms with E-state index in [1.165, 1.54) is 0 Å². The molecule has 2 heterocycles. The Balaban J connectivity index is 1.69. The van der Waals surface area contributed by atoms with E-state index in [0.29, 0.717) is 5.69 Å². The average molecular weight is 335 g/mol. The van der Waals surface area contributed by atoms with Gasteiger partial charge in [0.1, 0.15) is 5.75 Å². The van der Waals surface area contributed by atoms with Crippen molar-refractivity contribution >= 4 is 16.8 Å². The molecule has 0 saturated carbocycles. The number of carbonyl (C=O) groups excluding carboxylic acids is 1. The van der Waals surface area contributed by atoms with Gasteiger partial charge in [-0.2, -0.15) is 5.10 Å². The Morgan fingerprint density at radius 1 is 1.28 bits per heavy atom. The molecule has 0 radical (unpaired) electrons. The third kappa shape index (κ3) is 2.76. The number of ether oxygens (including phenoxy) is 1. The Morgan fingerprint density at radius 2 is 2.16 bits per heavy atom. The average Bonchev–Trinajstić information content (AvgIpc) is 3.28. The summed E-state index contributed by atoms with van der Waals surface area (Å²) in [4.78, 5) is 15.1.